The van der Waals surface area contributed by atoms with Crippen molar-refractivity contribution in [3.8, 4) is 5.75 Å². The molecule has 2 aromatic carbocycles. The molecular formula is C20H23ClFN3O2. The molecule has 0 bridgehead atoms. The molecule has 1 N–H and O–H groups in total. The minimum atomic E-state index is -0.430. The summed E-state index contributed by atoms with van der Waals surface area (Å²) >= 11 is 5.99. The van der Waals surface area contributed by atoms with Gasteiger partial charge in [0.15, 0.2) is 0 Å². The van der Waals surface area contributed by atoms with Gasteiger partial charge in [0.2, 0.25) is 5.91 Å². The number of anilines is 2. The van der Waals surface area contributed by atoms with Crippen LogP contribution in [0.3, 0.4) is 0 Å². The molecule has 1 aliphatic heterocycles. The quantitative estimate of drug-likeness (QED) is 0.845. The Morgan fingerprint density at radius 3 is 2.41 bits per heavy atom. The van der Waals surface area contributed by atoms with E-state index in [4.69, 9.17) is 16.3 Å². The van der Waals surface area contributed by atoms with Gasteiger partial charge in [0.25, 0.3) is 0 Å². The number of hydrogen-bond acceptors (Lipinski definition) is 4. The lowest BCUT2D eigenvalue weighted by Gasteiger charge is -2.38. The Kier molecular flexibility index (Phi) is 6.19. The standard InChI is InChI=1S/C20H23ClFN3O2/c1-14(20(26)23-19-8-3-15(22)13-18(19)21)24-9-11-25(12-10-24)16-4-6-17(27-2)7-5-16/h3-8,13-14H,9-12H2,1-2H3,(H,23,26). The molecule has 1 fully saturated rings. The summed E-state index contributed by atoms with van der Waals surface area (Å²) in [6.45, 7) is 5.09. The van der Waals surface area contributed by atoms with Gasteiger partial charge in [-0.1, -0.05) is 11.6 Å². The number of rotatable bonds is 5. The molecule has 1 atom stereocenters. The summed E-state index contributed by atoms with van der Waals surface area (Å²) in [5.41, 5.74) is 1.57. The number of carbonyl (C=O) groups is 1. The zero-order valence-corrected chi connectivity index (χ0v) is 16.2. The average molecular weight is 392 g/mol. The van der Waals surface area contributed by atoms with Crippen molar-refractivity contribution < 1.29 is 13.9 Å². The van der Waals surface area contributed by atoms with Gasteiger partial charge in [-0.15, -0.1) is 0 Å². The van der Waals surface area contributed by atoms with Gasteiger partial charge in [-0.2, -0.15) is 0 Å². The van der Waals surface area contributed by atoms with Crippen LogP contribution in [0.1, 0.15) is 6.92 Å². The first-order valence-electron chi connectivity index (χ1n) is 8.87. The minimum absolute atomic E-state index is 0.151. The number of hydrogen-bond donors (Lipinski definition) is 1. The molecule has 1 unspecified atom stereocenters. The van der Waals surface area contributed by atoms with E-state index in [1.54, 1.807) is 7.11 Å². The fourth-order valence-corrected chi connectivity index (χ4v) is 3.37. The van der Waals surface area contributed by atoms with Crippen LogP contribution >= 0.6 is 11.6 Å². The third-order valence-electron chi connectivity index (χ3n) is 4.87. The van der Waals surface area contributed by atoms with E-state index in [1.807, 2.05) is 31.2 Å². The summed E-state index contributed by atoms with van der Waals surface area (Å²) < 4.78 is 18.3. The molecule has 0 spiro atoms. The van der Waals surface area contributed by atoms with Crippen molar-refractivity contribution in [3.63, 3.8) is 0 Å². The highest BCUT2D eigenvalue weighted by molar-refractivity contribution is 6.33. The molecule has 1 amide bonds. The van der Waals surface area contributed by atoms with Crippen molar-refractivity contribution >= 4 is 28.9 Å². The van der Waals surface area contributed by atoms with Gasteiger partial charge in [-0.25, -0.2) is 4.39 Å². The summed E-state index contributed by atoms with van der Waals surface area (Å²) in [7, 11) is 1.65. The van der Waals surface area contributed by atoms with E-state index in [0.717, 1.165) is 37.6 Å². The first-order chi connectivity index (χ1) is 13.0. The van der Waals surface area contributed by atoms with Gasteiger partial charge in [-0.3, -0.25) is 9.69 Å². The second-order valence-electron chi connectivity index (χ2n) is 6.51. The largest absolute Gasteiger partial charge is 0.497 e. The molecule has 1 aliphatic rings. The molecule has 0 radical (unpaired) electrons. The first kappa shape index (κ1) is 19.5. The summed E-state index contributed by atoms with van der Waals surface area (Å²) in [6.07, 6.45) is 0. The van der Waals surface area contributed by atoms with Gasteiger partial charge < -0.3 is 15.0 Å². The van der Waals surface area contributed by atoms with Crippen LogP contribution in [0.15, 0.2) is 42.5 Å². The molecule has 0 aliphatic carbocycles. The predicted octanol–water partition coefficient (Wildman–Crippen LogP) is 3.64. The topological polar surface area (TPSA) is 44.8 Å². The molecule has 144 valence electrons. The zero-order valence-electron chi connectivity index (χ0n) is 15.4. The van der Waals surface area contributed by atoms with Crippen molar-refractivity contribution in [2.75, 3.05) is 43.5 Å². The van der Waals surface area contributed by atoms with Crippen molar-refractivity contribution in [3.05, 3.63) is 53.3 Å². The van der Waals surface area contributed by atoms with E-state index in [-0.39, 0.29) is 17.0 Å². The molecule has 2 aromatic rings. The smallest absolute Gasteiger partial charge is 0.241 e. The Balaban J connectivity index is 1.55. The number of carbonyl (C=O) groups excluding carboxylic acids is 1. The number of nitrogens with one attached hydrogen (secondary N) is 1. The van der Waals surface area contributed by atoms with Gasteiger partial charge in [0.1, 0.15) is 11.6 Å². The lowest BCUT2D eigenvalue weighted by molar-refractivity contribution is -0.120. The number of halogens is 2. The van der Waals surface area contributed by atoms with E-state index in [1.165, 1.54) is 18.2 Å². The maximum atomic E-state index is 13.1. The van der Waals surface area contributed by atoms with Crippen LogP contribution in [0.2, 0.25) is 5.02 Å². The van der Waals surface area contributed by atoms with E-state index in [2.05, 4.69) is 15.1 Å². The molecule has 0 aromatic heterocycles. The zero-order chi connectivity index (χ0) is 19.4. The maximum absolute atomic E-state index is 13.1. The fraction of sp³-hybridized carbons (Fsp3) is 0.350. The summed E-state index contributed by atoms with van der Waals surface area (Å²) in [5.74, 6) is 0.254. The molecular weight excluding hydrogens is 369 g/mol. The van der Waals surface area contributed by atoms with E-state index < -0.39 is 5.82 Å². The van der Waals surface area contributed by atoms with Gasteiger partial charge in [-0.05, 0) is 49.4 Å². The summed E-state index contributed by atoms with van der Waals surface area (Å²) in [4.78, 5) is 17.0. The van der Waals surface area contributed by atoms with Crippen LogP contribution < -0.4 is 15.0 Å². The number of ether oxygens (including phenoxy) is 1. The first-order valence-corrected chi connectivity index (χ1v) is 9.24. The monoisotopic (exact) mass is 391 g/mol. The number of nitrogens with zero attached hydrogens (tertiary/aromatic N) is 2. The number of amides is 1. The van der Waals surface area contributed by atoms with Crippen LogP contribution in [0.5, 0.6) is 5.75 Å². The molecule has 5 nitrogen and oxygen atoms in total. The molecule has 7 heteroatoms. The van der Waals surface area contributed by atoms with E-state index >= 15 is 0 Å². The highest BCUT2D eigenvalue weighted by atomic mass is 35.5. The summed E-state index contributed by atoms with van der Waals surface area (Å²) in [5, 5.41) is 2.98. The fourth-order valence-electron chi connectivity index (χ4n) is 3.15. The van der Waals surface area contributed by atoms with Crippen molar-refractivity contribution in [1.82, 2.24) is 4.90 Å². The Bertz CT molecular complexity index is 792. The highest BCUT2D eigenvalue weighted by Gasteiger charge is 2.26. The number of benzene rings is 2. The maximum Gasteiger partial charge on any atom is 0.241 e. The summed E-state index contributed by atoms with van der Waals surface area (Å²) in [6, 6.07) is 11.6. The van der Waals surface area contributed by atoms with Crippen molar-refractivity contribution in [2.45, 2.75) is 13.0 Å². The SMILES string of the molecule is COc1ccc(N2CCN(C(C)C(=O)Nc3ccc(F)cc3Cl)CC2)cc1. The normalized spacial score (nSPS) is 16.1. The third kappa shape index (κ3) is 4.70. The Hall–Kier alpha value is -2.31. The average Bonchev–Trinajstić information content (AvgIpc) is 2.69. The lowest BCUT2D eigenvalue weighted by atomic mass is 10.2. The van der Waals surface area contributed by atoms with Crippen molar-refractivity contribution in [1.29, 1.82) is 0 Å². The van der Waals surface area contributed by atoms with Crippen LogP contribution in [0.25, 0.3) is 0 Å². The Morgan fingerprint density at radius 2 is 1.81 bits per heavy atom. The molecule has 27 heavy (non-hydrogen) atoms. The molecule has 1 heterocycles. The molecule has 3 rings (SSSR count). The second-order valence-corrected chi connectivity index (χ2v) is 6.92. The Labute approximate surface area is 163 Å². The van der Waals surface area contributed by atoms with Gasteiger partial charge >= 0.3 is 0 Å². The van der Waals surface area contributed by atoms with Crippen LogP contribution in [0, 0.1) is 5.82 Å². The number of piperazine rings is 1. The predicted molar refractivity (Wildman–Crippen MR) is 106 cm³/mol. The van der Waals surface area contributed by atoms with Crippen LogP contribution in [0.4, 0.5) is 15.8 Å². The second kappa shape index (κ2) is 8.59. The number of methoxy groups -OCH3 is 1. The Morgan fingerprint density at radius 1 is 1.15 bits per heavy atom. The third-order valence-corrected chi connectivity index (χ3v) is 5.18. The lowest BCUT2D eigenvalue weighted by Crippen LogP contribution is -2.52. The van der Waals surface area contributed by atoms with E-state index in [9.17, 15) is 9.18 Å². The molecule has 1 saturated heterocycles. The van der Waals surface area contributed by atoms with E-state index in [0.29, 0.717) is 5.69 Å². The minimum Gasteiger partial charge on any atom is -0.497 e. The van der Waals surface area contributed by atoms with Gasteiger partial charge in [0.05, 0.1) is 23.9 Å². The molecule has 0 saturated carbocycles. The highest BCUT2D eigenvalue weighted by Crippen LogP contribution is 2.24. The van der Waals surface area contributed by atoms with Crippen molar-refractivity contribution in [2.24, 2.45) is 0 Å². The van der Waals surface area contributed by atoms with Gasteiger partial charge in [0, 0.05) is 31.9 Å². The van der Waals surface area contributed by atoms with Crippen LogP contribution in [-0.4, -0.2) is 50.1 Å². The van der Waals surface area contributed by atoms with Crippen LogP contribution in [-0.2, 0) is 4.79 Å².